The number of rotatable bonds is 8. The minimum absolute atomic E-state index is 0.0130. The molecule has 0 unspecified atom stereocenters. The molecule has 0 atom stereocenters. The first kappa shape index (κ1) is 17.4. The van der Waals surface area contributed by atoms with Crippen LogP contribution >= 0.6 is 0 Å². The number of anilines is 2. The lowest BCUT2D eigenvalue weighted by atomic mass is 10.4. The van der Waals surface area contributed by atoms with Crippen LogP contribution in [0.5, 0.6) is 0 Å². The van der Waals surface area contributed by atoms with Crippen molar-refractivity contribution in [1.29, 1.82) is 0 Å². The molecule has 0 saturated heterocycles. The van der Waals surface area contributed by atoms with E-state index in [0.717, 1.165) is 6.42 Å². The van der Waals surface area contributed by atoms with Crippen molar-refractivity contribution < 1.29 is 23.4 Å². The van der Waals surface area contributed by atoms with Crippen molar-refractivity contribution in [1.82, 2.24) is 9.97 Å². The van der Waals surface area contributed by atoms with E-state index in [1.54, 1.807) is 0 Å². The fourth-order valence-corrected chi connectivity index (χ4v) is 1.65. The zero-order chi connectivity index (χ0) is 15.9. The van der Waals surface area contributed by atoms with Crippen molar-refractivity contribution in [3.8, 4) is 0 Å². The number of alkyl halides is 3. The average Bonchev–Trinajstić information content (AvgIpc) is 2.43. The molecule has 21 heavy (non-hydrogen) atoms. The van der Waals surface area contributed by atoms with E-state index in [-0.39, 0.29) is 37.9 Å². The maximum atomic E-state index is 12.8. The molecule has 0 aliphatic carbocycles. The van der Waals surface area contributed by atoms with Gasteiger partial charge in [0, 0.05) is 25.7 Å². The van der Waals surface area contributed by atoms with Crippen LogP contribution in [0, 0.1) is 0 Å². The molecule has 120 valence electrons. The van der Waals surface area contributed by atoms with Gasteiger partial charge in [0.2, 0.25) is 5.82 Å². The second kappa shape index (κ2) is 7.99. The Balaban J connectivity index is 3.15. The summed E-state index contributed by atoms with van der Waals surface area (Å²) in [5.74, 6) is -1.17. The Kier molecular flexibility index (Phi) is 6.63. The Bertz CT molecular complexity index is 437. The summed E-state index contributed by atoms with van der Waals surface area (Å²) >= 11 is 0. The smallest absolute Gasteiger partial charge is 0.395 e. The third-order valence-electron chi connectivity index (χ3n) is 2.59. The Morgan fingerprint density at radius 2 is 1.81 bits per heavy atom. The molecule has 0 aromatic carbocycles. The van der Waals surface area contributed by atoms with Gasteiger partial charge in [-0.15, -0.1) is 0 Å². The van der Waals surface area contributed by atoms with Gasteiger partial charge < -0.3 is 20.4 Å². The van der Waals surface area contributed by atoms with Gasteiger partial charge in [-0.1, -0.05) is 6.92 Å². The number of aromatic nitrogens is 2. The predicted molar refractivity (Wildman–Crippen MR) is 72.2 cm³/mol. The highest BCUT2D eigenvalue weighted by Crippen LogP contribution is 2.29. The summed E-state index contributed by atoms with van der Waals surface area (Å²) in [4.78, 5) is 8.29. The number of aliphatic hydroxyl groups excluding tert-OH is 2. The number of hydrogen-bond acceptors (Lipinski definition) is 6. The van der Waals surface area contributed by atoms with Gasteiger partial charge in [-0.05, 0) is 6.42 Å². The number of aliphatic hydroxyl groups is 2. The molecule has 0 bridgehead atoms. The minimum atomic E-state index is -4.66. The van der Waals surface area contributed by atoms with Gasteiger partial charge in [0.05, 0.1) is 13.2 Å². The molecule has 3 N–H and O–H groups in total. The standard InChI is InChI=1S/C12H19F3N4O2/c1-2-3-16-9-8-10(19(4-6-20)5-7-21)18-11(17-9)12(13,14)15/h8,20-21H,2-7H2,1H3,(H,16,17,18). The van der Waals surface area contributed by atoms with Gasteiger partial charge >= 0.3 is 6.18 Å². The first-order valence-electron chi connectivity index (χ1n) is 6.59. The van der Waals surface area contributed by atoms with E-state index in [1.165, 1.54) is 11.0 Å². The molecule has 1 heterocycles. The van der Waals surface area contributed by atoms with Gasteiger partial charge in [-0.3, -0.25) is 0 Å². The minimum Gasteiger partial charge on any atom is -0.395 e. The topological polar surface area (TPSA) is 81.5 Å². The van der Waals surface area contributed by atoms with E-state index < -0.39 is 12.0 Å². The van der Waals surface area contributed by atoms with Gasteiger partial charge in [-0.2, -0.15) is 13.2 Å². The molecule has 0 saturated carbocycles. The van der Waals surface area contributed by atoms with E-state index in [1.807, 2.05) is 6.92 Å². The molecule has 0 radical (unpaired) electrons. The van der Waals surface area contributed by atoms with Gasteiger partial charge in [0.15, 0.2) is 0 Å². The zero-order valence-corrected chi connectivity index (χ0v) is 11.7. The van der Waals surface area contributed by atoms with Crippen molar-refractivity contribution in [3.05, 3.63) is 11.9 Å². The first-order chi connectivity index (χ1) is 9.92. The maximum Gasteiger partial charge on any atom is 0.451 e. The van der Waals surface area contributed by atoms with Crippen LogP contribution in [0.2, 0.25) is 0 Å². The molecular formula is C12H19F3N4O2. The fraction of sp³-hybridized carbons (Fsp3) is 0.667. The highest BCUT2D eigenvalue weighted by molar-refractivity contribution is 5.49. The summed E-state index contributed by atoms with van der Waals surface area (Å²) in [6.07, 6.45) is -3.93. The molecule has 0 fully saturated rings. The molecule has 0 aliphatic rings. The number of nitrogens with zero attached hydrogens (tertiary/aromatic N) is 3. The van der Waals surface area contributed by atoms with Crippen LogP contribution in [0.3, 0.4) is 0 Å². The second-order valence-corrected chi connectivity index (χ2v) is 4.29. The molecule has 9 heteroatoms. The van der Waals surface area contributed by atoms with Crippen molar-refractivity contribution >= 4 is 11.6 Å². The van der Waals surface area contributed by atoms with Gasteiger partial charge in [-0.25, -0.2) is 9.97 Å². The first-order valence-corrected chi connectivity index (χ1v) is 6.59. The molecule has 0 amide bonds. The number of nitrogens with one attached hydrogen (secondary N) is 1. The summed E-state index contributed by atoms with van der Waals surface area (Å²) in [5.41, 5.74) is 0. The molecule has 1 aromatic heterocycles. The highest BCUT2D eigenvalue weighted by Gasteiger charge is 2.35. The largest absolute Gasteiger partial charge is 0.451 e. The van der Waals surface area contributed by atoms with E-state index in [9.17, 15) is 13.2 Å². The highest BCUT2D eigenvalue weighted by atomic mass is 19.4. The predicted octanol–water partition coefficient (Wildman–Crippen LogP) is 1.11. The third kappa shape index (κ3) is 5.35. The summed E-state index contributed by atoms with van der Waals surface area (Å²) in [5, 5.41) is 20.7. The monoisotopic (exact) mass is 308 g/mol. The van der Waals surface area contributed by atoms with E-state index in [0.29, 0.717) is 6.54 Å². The van der Waals surface area contributed by atoms with Crippen molar-refractivity contribution in [2.24, 2.45) is 0 Å². The van der Waals surface area contributed by atoms with E-state index >= 15 is 0 Å². The van der Waals surface area contributed by atoms with Crippen molar-refractivity contribution in [2.45, 2.75) is 19.5 Å². The number of halogens is 3. The maximum absolute atomic E-state index is 12.8. The summed E-state index contributed by atoms with van der Waals surface area (Å²) < 4.78 is 38.5. The molecular weight excluding hydrogens is 289 g/mol. The summed E-state index contributed by atoms with van der Waals surface area (Å²) in [6, 6.07) is 1.37. The van der Waals surface area contributed by atoms with Crippen LogP contribution in [0.25, 0.3) is 0 Å². The molecule has 6 nitrogen and oxygen atoms in total. The molecule has 1 aromatic rings. The third-order valence-corrected chi connectivity index (χ3v) is 2.59. The van der Waals surface area contributed by atoms with Crippen LogP contribution in [0.1, 0.15) is 19.2 Å². The van der Waals surface area contributed by atoms with Crippen LogP contribution < -0.4 is 10.2 Å². The van der Waals surface area contributed by atoms with Crippen LogP contribution in [-0.4, -0.2) is 53.0 Å². The second-order valence-electron chi connectivity index (χ2n) is 4.29. The Hall–Kier alpha value is -1.61. The van der Waals surface area contributed by atoms with Crippen LogP contribution in [0.15, 0.2) is 6.07 Å². The Labute approximate surface area is 120 Å². The van der Waals surface area contributed by atoms with Crippen molar-refractivity contribution in [2.75, 3.05) is 43.1 Å². The average molecular weight is 308 g/mol. The lowest BCUT2D eigenvalue weighted by Gasteiger charge is -2.23. The van der Waals surface area contributed by atoms with Gasteiger partial charge in [0.25, 0.3) is 0 Å². The zero-order valence-electron chi connectivity index (χ0n) is 11.7. The SMILES string of the molecule is CCCNc1cc(N(CCO)CCO)nc(C(F)(F)F)n1. The quantitative estimate of drug-likeness (QED) is 0.667. The molecule has 1 rings (SSSR count). The van der Waals surface area contributed by atoms with E-state index in [2.05, 4.69) is 15.3 Å². The fourth-order valence-electron chi connectivity index (χ4n) is 1.65. The normalized spacial score (nSPS) is 11.5. The van der Waals surface area contributed by atoms with Crippen LogP contribution in [0.4, 0.5) is 24.8 Å². The van der Waals surface area contributed by atoms with E-state index in [4.69, 9.17) is 10.2 Å². The Morgan fingerprint density at radius 1 is 1.19 bits per heavy atom. The van der Waals surface area contributed by atoms with Gasteiger partial charge in [0.1, 0.15) is 11.6 Å². The summed E-state index contributed by atoms with van der Waals surface area (Å²) in [6.45, 7) is 1.98. The lowest BCUT2D eigenvalue weighted by Crippen LogP contribution is -2.31. The molecule has 0 aliphatic heterocycles. The lowest BCUT2D eigenvalue weighted by molar-refractivity contribution is -0.144. The van der Waals surface area contributed by atoms with Crippen molar-refractivity contribution in [3.63, 3.8) is 0 Å². The summed E-state index contributed by atoms with van der Waals surface area (Å²) in [7, 11) is 0. The number of hydrogen-bond donors (Lipinski definition) is 3. The molecule has 0 spiro atoms. The Morgan fingerprint density at radius 3 is 2.29 bits per heavy atom. The van der Waals surface area contributed by atoms with Crippen LogP contribution in [-0.2, 0) is 6.18 Å².